The fraction of sp³-hybridized carbons (Fsp3) is 0.478. The maximum absolute atomic E-state index is 5.63. The van der Waals surface area contributed by atoms with Gasteiger partial charge in [0.25, 0.3) is 0 Å². The minimum absolute atomic E-state index is 0.518. The highest BCUT2D eigenvalue weighted by atomic mass is 16.5. The maximum atomic E-state index is 5.63. The highest BCUT2D eigenvalue weighted by molar-refractivity contribution is 5.55. The number of likely N-dealkylation sites (tertiary alicyclic amines) is 1. The van der Waals surface area contributed by atoms with Crippen molar-refractivity contribution >= 4 is 5.69 Å². The molecule has 152 valence electrons. The standard InChI is InChI=1S/C23H32N2O3/c1-16-12-17(2)14-20(13-16)24-19-8-10-25(11-9-19)15-18-6-7-21(26-3)23(28-5)22(18)27-4/h6-7,12-14,19,24H,8-11,15H2,1-5H3. The van der Waals surface area contributed by atoms with Gasteiger partial charge in [0.1, 0.15) is 0 Å². The summed E-state index contributed by atoms with van der Waals surface area (Å²) in [6, 6.07) is 11.2. The van der Waals surface area contributed by atoms with E-state index in [0.717, 1.165) is 43.8 Å². The molecule has 2 aromatic carbocycles. The average molecular weight is 385 g/mol. The quantitative estimate of drug-likeness (QED) is 0.766. The van der Waals surface area contributed by atoms with Crippen LogP contribution >= 0.6 is 0 Å². The number of hydrogen-bond donors (Lipinski definition) is 1. The number of piperidine rings is 1. The summed E-state index contributed by atoms with van der Waals surface area (Å²) in [6.45, 7) is 7.26. The SMILES string of the molecule is COc1ccc(CN2CCC(Nc3cc(C)cc(C)c3)CC2)c(OC)c1OC. The first-order valence-corrected chi connectivity index (χ1v) is 9.89. The van der Waals surface area contributed by atoms with Gasteiger partial charge in [0, 0.05) is 36.9 Å². The van der Waals surface area contributed by atoms with E-state index in [4.69, 9.17) is 14.2 Å². The molecule has 0 bridgehead atoms. The zero-order chi connectivity index (χ0) is 20.1. The van der Waals surface area contributed by atoms with Gasteiger partial charge in [-0.2, -0.15) is 0 Å². The van der Waals surface area contributed by atoms with E-state index in [0.29, 0.717) is 17.5 Å². The van der Waals surface area contributed by atoms with Crippen molar-refractivity contribution < 1.29 is 14.2 Å². The summed E-state index contributed by atoms with van der Waals surface area (Å²) < 4.78 is 16.5. The van der Waals surface area contributed by atoms with E-state index < -0.39 is 0 Å². The predicted octanol–water partition coefficient (Wildman–Crippen LogP) is 4.41. The minimum Gasteiger partial charge on any atom is -0.493 e. The molecule has 5 heteroatoms. The lowest BCUT2D eigenvalue weighted by Gasteiger charge is -2.33. The van der Waals surface area contributed by atoms with Gasteiger partial charge in [-0.15, -0.1) is 0 Å². The number of nitrogens with zero attached hydrogens (tertiary/aromatic N) is 1. The zero-order valence-electron chi connectivity index (χ0n) is 17.7. The fourth-order valence-corrected chi connectivity index (χ4v) is 4.06. The Bertz CT molecular complexity index is 778. The Kier molecular flexibility index (Phi) is 6.68. The normalized spacial score (nSPS) is 15.3. The summed E-state index contributed by atoms with van der Waals surface area (Å²) >= 11 is 0. The smallest absolute Gasteiger partial charge is 0.203 e. The number of nitrogens with one attached hydrogen (secondary N) is 1. The van der Waals surface area contributed by atoms with Gasteiger partial charge < -0.3 is 19.5 Å². The highest BCUT2D eigenvalue weighted by Crippen LogP contribution is 2.40. The summed E-state index contributed by atoms with van der Waals surface area (Å²) in [7, 11) is 4.97. The van der Waals surface area contributed by atoms with Gasteiger partial charge in [0.15, 0.2) is 11.5 Å². The number of benzene rings is 2. The van der Waals surface area contributed by atoms with Gasteiger partial charge in [-0.1, -0.05) is 12.1 Å². The van der Waals surface area contributed by atoms with Crippen molar-refractivity contribution in [2.24, 2.45) is 0 Å². The third-order valence-electron chi connectivity index (χ3n) is 5.36. The molecular weight excluding hydrogens is 352 g/mol. The lowest BCUT2D eigenvalue weighted by molar-refractivity contribution is 0.208. The van der Waals surface area contributed by atoms with Crippen LogP contribution in [0.25, 0.3) is 0 Å². The second-order valence-electron chi connectivity index (χ2n) is 7.56. The van der Waals surface area contributed by atoms with Crippen LogP contribution in [0.1, 0.15) is 29.5 Å². The molecule has 2 aromatic rings. The number of aryl methyl sites for hydroxylation is 2. The van der Waals surface area contributed by atoms with Crippen LogP contribution in [-0.4, -0.2) is 45.4 Å². The number of rotatable bonds is 7. The Morgan fingerprint density at radius 1 is 0.893 bits per heavy atom. The Morgan fingerprint density at radius 2 is 1.54 bits per heavy atom. The molecule has 28 heavy (non-hydrogen) atoms. The van der Waals surface area contributed by atoms with E-state index in [9.17, 15) is 0 Å². The Morgan fingerprint density at radius 3 is 2.11 bits per heavy atom. The van der Waals surface area contributed by atoms with Gasteiger partial charge in [-0.3, -0.25) is 4.90 Å². The molecule has 1 aliphatic rings. The molecule has 0 radical (unpaired) electrons. The molecular formula is C23H32N2O3. The van der Waals surface area contributed by atoms with Crippen molar-refractivity contribution in [3.8, 4) is 17.2 Å². The van der Waals surface area contributed by atoms with E-state index in [1.165, 1.54) is 16.8 Å². The van der Waals surface area contributed by atoms with Crippen LogP contribution in [0.4, 0.5) is 5.69 Å². The predicted molar refractivity (Wildman–Crippen MR) is 114 cm³/mol. The van der Waals surface area contributed by atoms with Gasteiger partial charge >= 0.3 is 0 Å². The molecule has 5 nitrogen and oxygen atoms in total. The van der Waals surface area contributed by atoms with Crippen LogP contribution in [0.5, 0.6) is 17.2 Å². The number of methoxy groups -OCH3 is 3. The van der Waals surface area contributed by atoms with Crippen LogP contribution < -0.4 is 19.5 Å². The lowest BCUT2D eigenvalue weighted by Crippen LogP contribution is -2.38. The number of anilines is 1. The Hall–Kier alpha value is -2.40. The van der Waals surface area contributed by atoms with E-state index >= 15 is 0 Å². The van der Waals surface area contributed by atoms with E-state index in [2.05, 4.69) is 48.3 Å². The first-order chi connectivity index (χ1) is 13.5. The molecule has 1 aliphatic heterocycles. The first-order valence-electron chi connectivity index (χ1n) is 9.89. The molecule has 1 heterocycles. The molecule has 3 rings (SSSR count). The van der Waals surface area contributed by atoms with Crippen LogP contribution in [0.2, 0.25) is 0 Å². The Balaban J connectivity index is 1.61. The molecule has 0 atom stereocenters. The van der Waals surface area contributed by atoms with Crippen molar-refractivity contribution in [3.05, 3.63) is 47.0 Å². The monoisotopic (exact) mass is 384 g/mol. The topological polar surface area (TPSA) is 43.0 Å². The number of hydrogen-bond acceptors (Lipinski definition) is 5. The van der Waals surface area contributed by atoms with Crippen molar-refractivity contribution in [3.63, 3.8) is 0 Å². The maximum Gasteiger partial charge on any atom is 0.203 e. The second kappa shape index (κ2) is 9.20. The van der Waals surface area contributed by atoms with E-state index in [1.807, 2.05) is 6.07 Å². The molecule has 0 amide bonds. The minimum atomic E-state index is 0.518. The summed E-state index contributed by atoms with van der Waals surface area (Å²) in [6.07, 6.45) is 2.26. The van der Waals surface area contributed by atoms with Crippen molar-refractivity contribution in [1.29, 1.82) is 0 Å². The summed E-state index contributed by atoms with van der Waals surface area (Å²) in [5.74, 6) is 2.12. The van der Waals surface area contributed by atoms with E-state index in [1.54, 1.807) is 21.3 Å². The molecule has 0 saturated carbocycles. The fourth-order valence-electron chi connectivity index (χ4n) is 4.06. The summed E-state index contributed by atoms with van der Waals surface area (Å²) in [5.41, 5.74) is 4.97. The zero-order valence-corrected chi connectivity index (χ0v) is 17.7. The third-order valence-corrected chi connectivity index (χ3v) is 5.36. The van der Waals surface area contributed by atoms with Gasteiger partial charge in [0.2, 0.25) is 5.75 Å². The summed E-state index contributed by atoms with van der Waals surface area (Å²) in [5, 5.41) is 3.71. The molecule has 0 aromatic heterocycles. The largest absolute Gasteiger partial charge is 0.493 e. The lowest BCUT2D eigenvalue weighted by atomic mass is 10.0. The van der Waals surface area contributed by atoms with Gasteiger partial charge in [-0.05, 0) is 56.0 Å². The molecule has 0 spiro atoms. The van der Waals surface area contributed by atoms with Crippen molar-refractivity contribution in [2.75, 3.05) is 39.7 Å². The molecule has 1 saturated heterocycles. The van der Waals surface area contributed by atoms with Crippen LogP contribution in [-0.2, 0) is 6.54 Å². The van der Waals surface area contributed by atoms with Gasteiger partial charge in [-0.25, -0.2) is 0 Å². The van der Waals surface area contributed by atoms with E-state index in [-0.39, 0.29) is 0 Å². The Labute approximate surface area is 168 Å². The highest BCUT2D eigenvalue weighted by Gasteiger charge is 2.22. The molecule has 0 aliphatic carbocycles. The second-order valence-corrected chi connectivity index (χ2v) is 7.56. The summed E-state index contributed by atoms with van der Waals surface area (Å²) in [4.78, 5) is 2.48. The molecule has 1 fully saturated rings. The van der Waals surface area contributed by atoms with Crippen LogP contribution in [0.3, 0.4) is 0 Å². The van der Waals surface area contributed by atoms with Crippen molar-refractivity contribution in [1.82, 2.24) is 4.90 Å². The average Bonchev–Trinajstić information content (AvgIpc) is 2.68. The van der Waals surface area contributed by atoms with Crippen molar-refractivity contribution in [2.45, 2.75) is 39.3 Å². The van der Waals surface area contributed by atoms with Gasteiger partial charge in [0.05, 0.1) is 21.3 Å². The van der Waals surface area contributed by atoms with Crippen LogP contribution in [0.15, 0.2) is 30.3 Å². The third kappa shape index (κ3) is 4.71. The number of ether oxygens (including phenoxy) is 3. The van der Waals surface area contributed by atoms with Crippen LogP contribution in [0, 0.1) is 13.8 Å². The molecule has 1 N–H and O–H groups in total. The molecule has 0 unspecified atom stereocenters. The first kappa shape index (κ1) is 20.3.